The van der Waals surface area contributed by atoms with E-state index in [1.807, 2.05) is 6.92 Å². The fraction of sp³-hybridized carbons (Fsp3) is 0.263. The van der Waals surface area contributed by atoms with Crippen LogP contribution >= 0.6 is 0 Å². The van der Waals surface area contributed by atoms with E-state index in [9.17, 15) is 18.0 Å². The standard InChI is InChI=1S/C19H22N2O6S/c1-14-7-9-15(10-8-14)28(24,25)20-12-11-19(23)27-13-18(22)21-16-5-3-4-6-17(16)26-2/h3-10,20H,11-13H2,1-2H3,(H,21,22). The van der Waals surface area contributed by atoms with Gasteiger partial charge in [0.1, 0.15) is 5.75 Å². The zero-order valence-electron chi connectivity index (χ0n) is 15.6. The van der Waals surface area contributed by atoms with Crippen molar-refractivity contribution < 1.29 is 27.5 Å². The number of methoxy groups -OCH3 is 1. The largest absolute Gasteiger partial charge is 0.495 e. The van der Waals surface area contributed by atoms with E-state index in [4.69, 9.17) is 9.47 Å². The molecule has 0 bridgehead atoms. The van der Waals surface area contributed by atoms with Crippen LogP contribution in [0.4, 0.5) is 5.69 Å². The van der Waals surface area contributed by atoms with Crippen molar-refractivity contribution >= 4 is 27.6 Å². The Morgan fingerprint density at radius 1 is 1.04 bits per heavy atom. The maximum atomic E-state index is 12.1. The third kappa shape index (κ3) is 6.36. The van der Waals surface area contributed by atoms with Gasteiger partial charge in [-0.15, -0.1) is 0 Å². The Bertz CT molecular complexity index is 926. The highest BCUT2D eigenvalue weighted by molar-refractivity contribution is 7.89. The maximum absolute atomic E-state index is 12.1. The van der Waals surface area contributed by atoms with Gasteiger partial charge in [0.15, 0.2) is 6.61 Å². The molecular formula is C19H22N2O6S. The van der Waals surface area contributed by atoms with Crippen LogP contribution < -0.4 is 14.8 Å². The fourth-order valence-corrected chi connectivity index (χ4v) is 3.27. The first-order valence-electron chi connectivity index (χ1n) is 8.46. The van der Waals surface area contributed by atoms with Crippen molar-refractivity contribution in [2.45, 2.75) is 18.2 Å². The van der Waals surface area contributed by atoms with Gasteiger partial charge in [-0.25, -0.2) is 13.1 Å². The Morgan fingerprint density at radius 3 is 2.39 bits per heavy atom. The van der Waals surface area contributed by atoms with E-state index in [-0.39, 0.29) is 17.9 Å². The molecule has 2 rings (SSSR count). The van der Waals surface area contributed by atoms with Crippen LogP contribution in [0.1, 0.15) is 12.0 Å². The van der Waals surface area contributed by atoms with Gasteiger partial charge in [-0.05, 0) is 31.2 Å². The van der Waals surface area contributed by atoms with E-state index in [0.29, 0.717) is 11.4 Å². The monoisotopic (exact) mass is 406 g/mol. The zero-order chi connectivity index (χ0) is 20.6. The summed E-state index contributed by atoms with van der Waals surface area (Å²) in [6.45, 7) is 1.23. The highest BCUT2D eigenvalue weighted by atomic mass is 32.2. The molecule has 150 valence electrons. The topological polar surface area (TPSA) is 111 Å². The average Bonchev–Trinajstić information content (AvgIpc) is 2.67. The van der Waals surface area contributed by atoms with Crippen LogP contribution in [0.2, 0.25) is 0 Å². The van der Waals surface area contributed by atoms with Gasteiger partial charge in [0, 0.05) is 6.54 Å². The number of amides is 1. The molecule has 0 aliphatic heterocycles. The first-order valence-corrected chi connectivity index (χ1v) is 9.95. The molecule has 0 aliphatic rings. The minimum absolute atomic E-state index is 0.114. The van der Waals surface area contributed by atoms with Crippen LogP contribution in [0.25, 0.3) is 0 Å². The van der Waals surface area contributed by atoms with Gasteiger partial charge < -0.3 is 14.8 Å². The molecule has 28 heavy (non-hydrogen) atoms. The van der Waals surface area contributed by atoms with E-state index in [1.54, 1.807) is 36.4 Å². The van der Waals surface area contributed by atoms with E-state index in [1.165, 1.54) is 19.2 Å². The summed E-state index contributed by atoms with van der Waals surface area (Å²) >= 11 is 0. The molecule has 0 heterocycles. The Kier molecular flexibility index (Phi) is 7.53. The van der Waals surface area contributed by atoms with E-state index in [0.717, 1.165) is 5.56 Å². The molecule has 2 aromatic rings. The van der Waals surface area contributed by atoms with Gasteiger partial charge in [0.05, 0.1) is 24.1 Å². The quantitative estimate of drug-likeness (QED) is 0.615. The average molecular weight is 406 g/mol. The van der Waals surface area contributed by atoms with E-state index in [2.05, 4.69) is 10.0 Å². The van der Waals surface area contributed by atoms with Gasteiger partial charge in [0.25, 0.3) is 5.91 Å². The minimum Gasteiger partial charge on any atom is -0.495 e. The highest BCUT2D eigenvalue weighted by Gasteiger charge is 2.15. The normalized spacial score (nSPS) is 10.9. The summed E-state index contributed by atoms with van der Waals surface area (Å²) in [4.78, 5) is 23.7. The molecule has 0 unspecified atom stereocenters. The van der Waals surface area contributed by atoms with Crippen molar-refractivity contribution in [1.82, 2.24) is 4.72 Å². The van der Waals surface area contributed by atoms with Crippen LogP contribution in [0, 0.1) is 6.92 Å². The number of hydrogen-bond donors (Lipinski definition) is 2. The van der Waals surface area contributed by atoms with Crippen LogP contribution in [0.5, 0.6) is 5.75 Å². The van der Waals surface area contributed by atoms with Crippen molar-refractivity contribution in [3.8, 4) is 5.75 Å². The molecule has 2 aromatic carbocycles. The number of nitrogens with one attached hydrogen (secondary N) is 2. The predicted octanol–water partition coefficient (Wildman–Crippen LogP) is 1.85. The fourth-order valence-electron chi connectivity index (χ4n) is 2.24. The summed E-state index contributed by atoms with van der Waals surface area (Å²) in [6, 6.07) is 13.2. The van der Waals surface area contributed by atoms with E-state index >= 15 is 0 Å². The molecule has 0 spiro atoms. The van der Waals surface area contributed by atoms with Crippen LogP contribution in [0.15, 0.2) is 53.4 Å². The van der Waals surface area contributed by atoms with E-state index < -0.39 is 28.5 Å². The van der Waals surface area contributed by atoms with Crippen molar-refractivity contribution in [3.05, 3.63) is 54.1 Å². The number of carbonyl (C=O) groups excluding carboxylic acids is 2. The second kappa shape index (κ2) is 9.86. The lowest BCUT2D eigenvalue weighted by atomic mass is 10.2. The molecule has 0 fully saturated rings. The van der Waals surface area contributed by atoms with Crippen molar-refractivity contribution in [2.24, 2.45) is 0 Å². The first-order chi connectivity index (χ1) is 13.3. The molecule has 9 heteroatoms. The molecule has 2 N–H and O–H groups in total. The minimum atomic E-state index is -3.70. The first kappa shape index (κ1) is 21.4. The molecular weight excluding hydrogens is 384 g/mol. The number of para-hydroxylation sites is 2. The second-order valence-electron chi connectivity index (χ2n) is 5.87. The molecule has 1 amide bonds. The van der Waals surface area contributed by atoms with Crippen LogP contribution in [-0.2, 0) is 24.3 Å². The Labute approximate surface area is 163 Å². The van der Waals surface area contributed by atoms with Crippen molar-refractivity contribution in [3.63, 3.8) is 0 Å². The summed E-state index contributed by atoms with van der Waals surface area (Å²) in [6.07, 6.45) is -0.201. The molecule has 0 atom stereocenters. The third-order valence-corrected chi connectivity index (χ3v) is 5.17. The molecule has 8 nitrogen and oxygen atoms in total. The summed E-state index contributed by atoms with van der Waals surface area (Å²) in [5.41, 5.74) is 1.39. The smallest absolute Gasteiger partial charge is 0.307 e. The number of anilines is 1. The van der Waals surface area contributed by atoms with Crippen molar-refractivity contribution in [1.29, 1.82) is 0 Å². The summed E-state index contributed by atoms with van der Waals surface area (Å²) in [7, 11) is -2.23. The van der Waals surface area contributed by atoms with Gasteiger partial charge in [-0.1, -0.05) is 29.8 Å². The number of benzene rings is 2. The molecule has 0 radical (unpaired) electrons. The zero-order valence-corrected chi connectivity index (χ0v) is 16.4. The summed E-state index contributed by atoms with van der Waals surface area (Å²) in [5.74, 6) is -0.743. The number of hydrogen-bond acceptors (Lipinski definition) is 6. The third-order valence-electron chi connectivity index (χ3n) is 3.70. The van der Waals surface area contributed by atoms with Gasteiger partial charge in [-0.3, -0.25) is 9.59 Å². The number of aryl methyl sites for hydroxylation is 1. The van der Waals surface area contributed by atoms with Gasteiger partial charge in [0.2, 0.25) is 10.0 Å². The molecule has 0 aliphatic carbocycles. The summed E-state index contributed by atoms with van der Waals surface area (Å²) < 4.78 is 36.5. The van der Waals surface area contributed by atoms with Gasteiger partial charge in [-0.2, -0.15) is 0 Å². The lowest BCUT2D eigenvalue weighted by Gasteiger charge is -2.10. The summed E-state index contributed by atoms with van der Waals surface area (Å²) in [5, 5.41) is 2.57. The molecule has 0 saturated carbocycles. The van der Waals surface area contributed by atoms with Crippen LogP contribution in [-0.4, -0.2) is 40.6 Å². The molecule has 0 saturated heterocycles. The number of rotatable bonds is 9. The number of ether oxygens (including phenoxy) is 2. The molecule has 0 aromatic heterocycles. The lowest BCUT2D eigenvalue weighted by molar-refractivity contribution is -0.147. The van der Waals surface area contributed by atoms with Crippen LogP contribution in [0.3, 0.4) is 0 Å². The Hall–Kier alpha value is -2.91. The Morgan fingerprint density at radius 2 is 1.71 bits per heavy atom. The number of carbonyl (C=O) groups is 2. The second-order valence-corrected chi connectivity index (χ2v) is 7.64. The lowest BCUT2D eigenvalue weighted by Crippen LogP contribution is -2.28. The predicted molar refractivity (Wildman–Crippen MR) is 104 cm³/mol. The number of sulfonamides is 1. The Balaban J connectivity index is 1.75. The highest BCUT2D eigenvalue weighted by Crippen LogP contribution is 2.22. The van der Waals surface area contributed by atoms with Gasteiger partial charge >= 0.3 is 5.97 Å². The van der Waals surface area contributed by atoms with Crippen molar-refractivity contribution in [2.75, 3.05) is 25.6 Å². The number of esters is 1. The maximum Gasteiger partial charge on any atom is 0.307 e. The SMILES string of the molecule is COc1ccccc1NC(=O)COC(=O)CCNS(=O)(=O)c1ccc(C)cc1.